The number of carboxylic acid groups (broad SMARTS) is 1. The summed E-state index contributed by atoms with van der Waals surface area (Å²) in [5.41, 5.74) is -0.320. The molecule has 1 aromatic rings. The number of sulfonamides is 1. The maximum atomic E-state index is 11.4. The number of ketones is 1. The van der Waals surface area contributed by atoms with Crippen molar-refractivity contribution in [1.29, 1.82) is 0 Å². The molecule has 10 heteroatoms. The topological polar surface area (TPSA) is 125 Å². The first kappa shape index (κ1) is 16.5. The molecule has 8 nitrogen and oxygen atoms in total. The number of hydrogen-bond donors (Lipinski definition) is 3. The van der Waals surface area contributed by atoms with Gasteiger partial charge in [-0.3, -0.25) is 4.79 Å². The number of Topliss-reactive ketones (excluding diaryl/α,β-unsaturated/α-hetero) is 1. The van der Waals surface area contributed by atoms with E-state index in [1.807, 2.05) is 0 Å². The van der Waals surface area contributed by atoms with Gasteiger partial charge in [-0.1, -0.05) is 18.3 Å². The van der Waals surface area contributed by atoms with Gasteiger partial charge in [0.2, 0.25) is 10.0 Å². The minimum absolute atomic E-state index is 0.0366. The summed E-state index contributed by atoms with van der Waals surface area (Å²) < 4.78 is 25.1. The molecule has 3 N–H and O–H groups in total. The number of anilines is 1. The molecule has 0 aliphatic rings. The molecule has 0 saturated heterocycles. The summed E-state index contributed by atoms with van der Waals surface area (Å²) in [6.45, 7) is 3.29. The van der Waals surface area contributed by atoms with Gasteiger partial charge in [0, 0.05) is 20.0 Å². The summed E-state index contributed by atoms with van der Waals surface area (Å²) in [7, 11) is -3.36. The smallest absolute Gasteiger partial charge is 0.356 e. The van der Waals surface area contributed by atoms with E-state index < -0.39 is 21.8 Å². The lowest BCUT2D eigenvalue weighted by atomic mass is 10.3. The number of carbonyl (C=O) groups is 2. The van der Waals surface area contributed by atoms with E-state index in [1.165, 1.54) is 6.92 Å². The van der Waals surface area contributed by atoms with Crippen molar-refractivity contribution in [2.45, 2.75) is 13.8 Å². The molecule has 1 aromatic heterocycles. The molecule has 0 radical (unpaired) electrons. The Morgan fingerprint density at radius 3 is 2.50 bits per heavy atom. The Labute approximate surface area is 120 Å². The highest BCUT2D eigenvalue weighted by Gasteiger charge is 2.20. The van der Waals surface area contributed by atoms with E-state index in [0.717, 1.165) is 11.3 Å². The monoisotopic (exact) mass is 321 g/mol. The Morgan fingerprint density at radius 2 is 2.05 bits per heavy atom. The zero-order chi connectivity index (χ0) is 15.3. The number of carbonyl (C=O) groups excluding carboxylic acids is 1. The van der Waals surface area contributed by atoms with Crippen LogP contribution in [0.4, 0.5) is 5.13 Å². The van der Waals surface area contributed by atoms with Gasteiger partial charge in [-0.2, -0.15) is 0 Å². The van der Waals surface area contributed by atoms with Crippen LogP contribution >= 0.6 is 11.3 Å². The fraction of sp³-hybridized carbons (Fsp3) is 0.500. The normalized spacial score (nSPS) is 11.3. The van der Waals surface area contributed by atoms with E-state index in [0.29, 0.717) is 6.54 Å². The molecule has 0 aliphatic carbocycles. The number of thiazole rings is 1. The quantitative estimate of drug-likeness (QED) is 0.591. The lowest BCUT2D eigenvalue weighted by Gasteiger charge is -2.04. The van der Waals surface area contributed by atoms with Crippen molar-refractivity contribution in [2.75, 3.05) is 24.2 Å². The van der Waals surface area contributed by atoms with Gasteiger partial charge in [0.25, 0.3) is 0 Å². The van der Waals surface area contributed by atoms with Gasteiger partial charge in [-0.25, -0.2) is 22.9 Å². The first-order valence-electron chi connectivity index (χ1n) is 5.73. The number of rotatable bonds is 8. The van der Waals surface area contributed by atoms with Crippen molar-refractivity contribution in [2.24, 2.45) is 0 Å². The van der Waals surface area contributed by atoms with Gasteiger partial charge < -0.3 is 10.4 Å². The number of aromatic nitrogens is 1. The van der Waals surface area contributed by atoms with Gasteiger partial charge in [0.1, 0.15) is 4.88 Å². The van der Waals surface area contributed by atoms with E-state index in [4.69, 9.17) is 5.11 Å². The second-order valence-electron chi connectivity index (χ2n) is 3.80. The van der Waals surface area contributed by atoms with E-state index in [9.17, 15) is 18.0 Å². The van der Waals surface area contributed by atoms with Crippen molar-refractivity contribution in [1.82, 2.24) is 9.71 Å². The van der Waals surface area contributed by atoms with Gasteiger partial charge in [0.05, 0.1) is 5.75 Å². The SMILES string of the molecule is CCNS(=O)(=O)CCNc1nc(C(=O)O)c(C(C)=O)s1. The predicted octanol–water partition coefficient (Wildman–Crippen LogP) is 0.395. The summed E-state index contributed by atoms with van der Waals surface area (Å²) >= 11 is 0.892. The van der Waals surface area contributed by atoms with Crippen LogP contribution in [-0.4, -0.2) is 49.1 Å². The second kappa shape index (κ2) is 6.77. The minimum Gasteiger partial charge on any atom is -0.476 e. The van der Waals surface area contributed by atoms with Gasteiger partial charge in [-0.15, -0.1) is 0 Å². The van der Waals surface area contributed by atoms with E-state index in [1.54, 1.807) is 6.92 Å². The third-order valence-electron chi connectivity index (χ3n) is 2.16. The first-order chi connectivity index (χ1) is 9.26. The Kier molecular flexibility index (Phi) is 5.60. The summed E-state index contributed by atoms with van der Waals surface area (Å²) in [5.74, 6) is -1.86. The molecule has 0 spiro atoms. The van der Waals surface area contributed by atoms with Gasteiger partial charge >= 0.3 is 5.97 Å². The van der Waals surface area contributed by atoms with Crippen molar-refractivity contribution < 1.29 is 23.1 Å². The Hall–Kier alpha value is -1.52. The van der Waals surface area contributed by atoms with E-state index in [-0.39, 0.29) is 28.0 Å². The predicted molar refractivity (Wildman–Crippen MR) is 75.0 cm³/mol. The Bertz CT molecular complexity index is 577. The van der Waals surface area contributed by atoms with Crippen LogP contribution in [0, 0.1) is 0 Å². The number of nitrogens with zero attached hydrogens (tertiary/aromatic N) is 1. The van der Waals surface area contributed by atoms with Crippen LogP contribution in [0.25, 0.3) is 0 Å². The van der Waals surface area contributed by atoms with E-state index in [2.05, 4.69) is 15.0 Å². The largest absolute Gasteiger partial charge is 0.476 e. The highest BCUT2D eigenvalue weighted by atomic mass is 32.2. The molecule has 0 bridgehead atoms. The molecule has 0 atom stereocenters. The van der Waals surface area contributed by atoms with Crippen LogP contribution in [0.15, 0.2) is 0 Å². The van der Waals surface area contributed by atoms with Crippen LogP contribution in [0.5, 0.6) is 0 Å². The van der Waals surface area contributed by atoms with Gasteiger partial charge in [0.15, 0.2) is 16.6 Å². The second-order valence-corrected chi connectivity index (χ2v) is 6.73. The molecule has 1 heterocycles. The van der Waals surface area contributed by atoms with Crippen LogP contribution in [-0.2, 0) is 10.0 Å². The van der Waals surface area contributed by atoms with Crippen LogP contribution < -0.4 is 10.0 Å². The average molecular weight is 321 g/mol. The summed E-state index contributed by atoms with van der Waals surface area (Å²) in [5, 5.41) is 11.8. The van der Waals surface area contributed by atoms with Crippen LogP contribution in [0.3, 0.4) is 0 Å². The van der Waals surface area contributed by atoms with Crippen molar-refractivity contribution >= 4 is 38.2 Å². The van der Waals surface area contributed by atoms with Gasteiger partial charge in [-0.05, 0) is 0 Å². The summed E-state index contributed by atoms with van der Waals surface area (Å²) in [4.78, 5) is 26.0. The zero-order valence-electron chi connectivity index (χ0n) is 11.0. The van der Waals surface area contributed by atoms with Crippen LogP contribution in [0.2, 0.25) is 0 Å². The molecule has 112 valence electrons. The molecule has 0 saturated carbocycles. The summed E-state index contributed by atoms with van der Waals surface area (Å²) in [6, 6.07) is 0. The molecule has 0 aromatic carbocycles. The molecule has 1 rings (SSSR count). The Morgan fingerprint density at radius 1 is 1.40 bits per heavy atom. The molecular formula is C10H15N3O5S2. The highest BCUT2D eigenvalue weighted by molar-refractivity contribution is 7.89. The van der Waals surface area contributed by atoms with E-state index >= 15 is 0 Å². The third kappa shape index (κ3) is 4.54. The zero-order valence-corrected chi connectivity index (χ0v) is 12.6. The Balaban J connectivity index is 2.73. The molecule has 0 aliphatic heterocycles. The van der Waals surface area contributed by atoms with Crippen LogP contribution in [0.1, 0.15) is 34.0 Å². The maximum absolute atomic E-state index is 11.4. The number of carboxylic acids is 1. The maximum Gasteiger partial charge on any atom is 0.356 e. The fourth-order valence-electron chi connectivity index (χ4n) is 1.36. The molecule has 0 unspecified atom stereocenters. The lowest BCUT2D eigenvalue weighted by Crippen LogP contribution is -2.29. The number of nitrogens with one attached hydrogen (secondary N) is 2. The average Bonchev–Trinajstić information content (AvgIpc) is 2.73. The van der Waals surface area contributed by atoms with Crippen molar-refractivity contribution in [3.8, 4) is 0 Å². The highest BCUT2D eigenvalue weighted by Crippen LogP contribution is 2.23. The minimum atomic E-state index is -3.36. The fourth-order valence-corrected chi connectivity index (χ4v) is 3.20. The molecule has 0 amide bonds. The lowest BCUT2D eigenvalue weighted by molar-refractivity contribution is 0.0687. The number of hydrogen-bond acceptors (Lipinski definition) is 7. The third-order valence-corrected chi connectivity index (χ3v) is 4.74. The van der Waals surface area contributed by atoms with Crippen molar-refractivity contribution in [3.63, 3.8) is 0 Å². The van der Waals surface area contributed by atoms with Crippen molar-refractivity contribution in [3.05, 3.63) is 10.6 Å². The first-order valence-corrected chi connectivity index (χ1v) is 8.20. The number of aromatic carboxylic acids is 1. The molecule has 0 fully saturated rings. The standard InChI is InChI=1S/C10H15N3O5S2/c1-3-12-20(17,18)5-4-11-10-13-7(9(15)16)8(19-10)6(2)14/h12H,3-5H2,1-2H3,(H,11,13)(H,15,16). The summed E-state index contributed by atoms with van der Waals surface area (Å²) in [6.07, 6.45) is 0. The molecular weight excluding hydrogens is 306 g/mol. The molecule has 20 heavy (non-hydrogen) atoms.